The molecule has 19 heavy (non-hydrogen) atoms. The number of hydrogen-bond acceptors (Lipinski definition) is 3. The summed E-state index contributed by atoms with van der Waals surface area (Å²) in [5.41, 5.74) is 3.14. The molecule has 2 heterocycles. The van der Waals surface area contributed by atoms with Gasteiger partial charge in [-0.1, -0.05) is 6.07 Å². The van der Waals surface area contributed by atoms with Crippen molar-refractivity contribution >= 4 is 11.6 Å². The van der Waals surface area contributed by atoms with Gasteiger partial charge in [0.2, 0.25) is 0 Å². The van der Waals surface area contributed by atoms with Crippen LogP contribution in [0.5, 0.6) is 0 Å². The lowest BCUT2D eigenvalue weighted by atomic mass is 9.96. The van der Waals surface area contributed by atoms with Crippen LogP contribution in [0.15, 0.2) is 18.2 Å². The Kier molecular flexibility index (Phi) is 3.42. The highest BCUT2D eigenvalue weighted by molar-refractivity contribution is 5.97. The molecule has 1 amide bonds. The molecule has 1 aromatic rings. The van der Waals surface area contributed by atoms with Crippen molar-refractivity contribution in [3.05, 3.63) is 29.3 Å². The van der Waals surface area contributed by atoms with E-state index in [0.29, 0.717) is 6.61 Å². The minimum absolute atomic E-state index is 0.121. The van der Waals surface area contributed by atoms with Crippen LogP contribution in [0.3, 0.4) is 0 Å². The number of amides is 1. The van der Waals surface area contributed by atoms with Gasteiger partial charge in [-0.15, -0.1) is 0 Å². The van der Waals surface area contributed by atoms with Gasteiger partial charge in [0.05, 0.1) is 12.6 Å². The van der Waals surface area contributed by atoms with Crippen LogP contribution >= 0.6 is 0 Å². The van der Waals surface area contributed by atoms with Gasteiger partial charge < -0.3 is 15.0 Å². The third-order valence-corrected chi connectivity index (χ3v) is 4.10. The average molecular weight is 260 g/mol. The maximum absolute atomic E-state index is 12.6. The molecule has 1 unspecified atom stereocenters. The number of rotatable bonds is 2. The van der Waals surface area contributed by atoms with E-state index in [1.807, 2.05) is 24.1 Å². The van der Waals surface area contributed by atoms with E-state index >= 15 is 0 Å². The number of carbonyl (C=O) groups is 1. The molecule has 2 aliphatic rings. The Hall–Kier alpha value is -1.55. The van der Waals surface area contributed by atoms with Crippen molar-refractivity contribution in [2.45, 2.75) is 25.3 Å². The SMILES string of the molecule is CN(C(=O)c1cccc2c1CCCN2)C1CCOC1. The Morgan fingerprint density at radius 2 is 2.37 bits per heavy atom. The van der Waals surface area contributed by atoms with Gasteiger partial charge in [0.1, 0.15) is 0 Å². The van der Waals surface area contributed by atoms with Crippen LogP contribution in [0.4, 0.5) is 5.69 Å². The van der Waals surface area contributed by atoms with Crippen LogP contribution in [0.2, 0.25) is 0 Å². The van der Waals surface area contributed by atoms with Gasteiger partial charge in [0.15, 0.2) is 0 Å². The number of carbonyl (C=O) groups excluding carboxylic acids is 1. The van der Waals surface area contributed by atoms with Crippen LogP contribution in [0.25, 0.3) is 0 Å². The molecular weight excluding hydrogens is 240 g/mol. The lowest BCUT2D eigenvalue weighted by Gasteiger charge is -2.26. The van der Waals surface area contributed by atoms with Gasteiger partial charge in [-0.2, -0.15) is 0 Å². The van der Waals surface area contributed by atoms with Gasteiger partial charge in [-0.25, -0.2) is 0 Å². The number of likely N-dealkylation sites (N-methyl/N-ethyl adjacent to an activating group) is 1. The standard InChI is InChI=1S/C15H20N2O2/c1-17(11-7-9-19-10-11)15(18)13-4-2-6-14-12(13)5-3-8-16-14/h2,4,6,11,16H,3,5,7-10H2,1H3. The molecule has 4 nitrogen and oxygen atoms in total. The van der Waals surface area contributed by atoms with Gasteiger partial charge in [-0.05, 0) is 37.0 Å². The third kappa shape index (κ3) is 2.32. The maximum Gasteiger partial charge on any atom is 0.254 e. The van der Waals surface area contributed by atoms with E-state index in [0.717, 1.165) is 43.7 Å². The number of nitrogens with one attached hydrogen (secondary N) is 1. The Morgan fingerprint density at radius 3 is 3.16 bits per heavy atom. The highest BCUT2D eigenvalue weighted by atomic mass is 16.5. The quantitative estimate of drug-likeness (QED) is 0.883. The fraction of sp³-hybridized carbons (Fsp3) is 0.533. The van der Waals surface area contributed by atoms with E-state index in [4.69, 9.17) is 4.74 Å². The topological polar surface area (TPSA) is 41.6 Å². The van der Waals surface area contributed by atoms with Gasteiger partial charge in [-0.3, -0.25) is 4.79 Å². The molecule has 1 N–H and O–H groups in total. The number of ether oxygens (including phenoxy) is 1. The van der Waals surface area contributed by atoms with Crippen molar-refractivity contribution in [1.29, 1.82) is 0 Å². The van der Waals surface area contributed by atoms with Crippen LogP contribution in [0.1, 0.15) is 28.8 Å². The van der Waals surface area contributed by atoms with Crippen LogP contribution in [-0.2, 0) is 11.2 Å². The predicted molar refractivity (Wildman–Crippen MR) is 74.6 cm³/mol. The zero-order valence-electron chi connectivity index (χ0n) is 11.3. The van der Waals surface area contributed by atoms with Gasteiger partial charge in [0.25, 0.3) is 5.91 Å². The predicted octanol–water partition coefficient (Wildman–Crippen LogP) is 1.91. The molecule has 1 aromatic carbocycles. The molecule has 0 spiro atoms. The van der Waals surface area contributed by atoms with Crippen LogP contribution < -0.4 is 5.32 Å². The molecule has 2 aliphatic heterocycles. The number of benzene rings is 1. The minimum atomic E-state index is 0.121. The Morgan fingerprint density at radius 1 is 1.47 bits per heavy atom. The first-order chi connectivity index (χ1) is 9.27. The summed E-state index contributed by atoms with van der Waals surface area (Å²) in [7, 11) is 1.89. The van der Waals surface area contributed by atoms with E-state index in [-0.39, 0.29) is 11.9 Å². The third-order valence-electron chi connectivity index (χ3n) is 4.10. The first kappa shape index (κ1) is 12.5. The first-order valence-corrected chi connectivity index (χ1v) is 6.98. The molecule has 0 radical (unpaired) electrons. The lowest BCUT2D eigenvalue weighted by Crippen LogP contribution is -2.38. The Bertz CT molecular complexity index is 481. The lowest BCUT2D eigenvalue weighted by molar-refractivity contribution is 0.0710. The monoisotopic (exact) mass is 260 g/mol. The highest BCUT2D eigenvalue weighted by Crippen LogP contribution is 2.27. The smallest absolute Gasteiger partial charge is 0.254 e. The second-order valence-electron chi connectivity index (χ2n) is 5.30. The molecule has 1 fully saturated rings. The Balaban J connectivity index is 1.86. The zero-order valence-corrected chi connectivity index (χ0v) is 11.3. The van der Waals surface area contributed by atoms with Crippen molar-refractivity contribution in [3.8, 4) is 0 Å². The normalized spacial score (nSPS) is 21.6. The van der Waals surface area contributed by atoms with E-state index < -0.39 is 0 Å². The van der Waals surface area contributed by atoms with Gasteiger partial charge in [0, 0.05) is 31.5 Å². The molecule has 1 atom stereocenters. The summed E-state index contributed by atoms with van der Waals surface area (Å²) in [6.07, 6.45) is 3.02. The molecule has 0 aromatic heterocycles. The van der Waals surface area contributed by atoms with Crippen LogP contribution in [-0.4, -0.2) is 43.7 Å². The zero-order chi connectivity index (χ0) is 13.2. The van der Waals surface area contributed by atoms with Crippen LogP contribution in [0, 0.1) is 0 Å². The molecular formula is C15H20N2O2. The minimum Gasteiger partial charge on any atom is -0.385 e. The number of hydrogen-bond donors (Lipinski definition) is 1. The van der Waals surface area contributed by atoms with Gasteiger partial charge >= 0.3 is 0 Å². The second kappa shape index (κ2) is 5.21. The highest BCUT2D eigenvalue weighted by Gasteiger charge is 2.27. The summed E-state index contributed by atoms with van der Waals surface area (Å²) in [5.74, 6) is 0.121. The Labute approximate surface area is 113 Å². The second-order valence-corrected chi connectivity index (χ2v) is 5.30. The molecule has 0 saturated carbocycles. The summed E-state index contributed by atoms with van der Waals surface area (Å²) < 4.78 is 5.37. The van der Waals surface area contributed by atoms with Crippen molar-refractivity contribution < 1.29 is 9.53 Å². The average Bonchev–Trinajstić information content (AvgIpc) is 2.99. The molecule has 3 rings (SSSR count). The van der Waals surface area contributed by atoms with Crippen molar-refractivity contribution in [3.63, 3.8) is 0 Å². The molecule has 1 saturated heterocycles. The van der Waals surface area contributed by atoms with E-state index in [1.54, 1.807) is 0 Å². The number of anilines is 1. The summed E-state index contributed by atoms with van der Waals surface area (Å²) in [6, 6.07) is 6.19. The molecule has 0 aliphatic carbocycles. The van der Waals surface area contributed by atoms with Crippen molar-refractivity contribution in [2.75, 3.05) is 32.1 Å². The summed E-state index contributed by atoms with van der Waals surface area (Å²) in [4.78, 5) is 14.5. The van der Waals surface area contributed by atoms with E-state index in [2.05, 4.69) is 11.4 Å². The molecule has 102 valence electrons. The van der Waals surface area contributed by atoms with Crippen molar-refractivity contribution in [1.82, 2.24) is 4.90 Å². The number of fused-ring (bicyclic) bond motifs is 1. The summed E-state index contributed by atoms with van der Waals surface area (Å²) in [6.45, 7) is 2.42. The van der Waals surface area contributed by atoms with E-state index in [9.17, 15) is 4.79 Å². The fourth-order valence-electron chi connectivity index (χ4n) is 2.89. The number of nitrogens with zero attached hydrogens (tertiary/aromatic N) is 1. The molecule has 0 bridgehead atoms. The van der Waals surface area contributed by atoms with E-state index in [1.165, 1.54) is 5.56 Å². The summed E-state index contributed by atoms with van der Waals surface area (Å²) in [5, 5.41) is 3.37. The molecule has 4 heteroatoms. The summed E-state index contributed by atoms with van der Waals surface area (Å²) >= 11 is 0. The fourth-order valence-corrected chi connectivity index (χ4v) is 2.89. The maximum atomic E-state index is 12.6. The van der Waals surface area contributed by atoms with Crippen molar-refractivity contribution in [2.24, 2.45) is 0 Å². The first-order valence-electron chi connectivity index (χ1n) is 6.98. The largest absolute Gasteiger partial charge is 0.385 e.